The Bertz CT molecular complexity index is 281. The minimum absolute atomic E-state index is 0.0412. The second-order valence-electron chi connectivity index (χ2n) is 5.27. The Kier molecular flexibility index (Phi) is 8.16. The summed E-state index contributed by atoms with van der Waals surface area (Å²) in [4.78, 5) is 12.4. The maximum absolute atomic E-state index is 12.2. The van der Waals surface area contributed by atoms with Gasteiger partial charge in [-0.2, -0.15) is 0 Å². The summed E-state index contributed by atoms with van der Waals surface area (Å²) in [6, 6.07) is 0.189. The lowest BCUT2D eigenvalue weighted by molar-refractivity contribution is -0.127. The van der Waals surface area contributed by atoms with E-state index in [0.29, 0.717) is 6.42 Å². The third-order valence-corrected chi connectivity index (χ3v) is 4.07. The molecule has 18 heavy (non-hydrogen) atoms. The molecule has 0 saturated heterocycles. The van der Waals surface area contributed by atoms with Crippen molar-refractivity contribution >= 4 is 23.1 Å². The molecule has 0 aliphatic heterocycles. The molecule has 0 heterocycles. The van der Waals surface area contributed by atoms with E-state index in [0.717, 1.165) is 12.8 Å². The molecule has 0 aliphatic carbocycles. The van der Waals surface area contributed by atoms with Gasteiger partial charge < -0.3 is 11.1 Å². The Morgan fingerprint density at radius 3 is 2.39 bits per heavy atom. The zero-order valence-corrected chi connectivity index (χ0v) is 13.0. The van der Waals surface area contributed by atoms with Crippen molar-refractivity contribution in [2.45, 2.75) is 72.3 Å². The van der Waals surface area contributed by atoms with Crippen LogP contribution in [0.15, 0.2) is 0 Å². The summed E-state index contributed by atoms with van der Waals surface area (Å²) >= 11 is 5.00. The number of carbonyl (C=O) groups is 1. The van der Waals surface area contributed by atoms with E-state index in [1.807, 2.05) is 20.8 Å². The average molecular weight is 272 g/mol. The number of nitrogens with two attached hydrogens (primary N) is 1. The molecule has 3 N–H and O–H groups in total. The molecule has 2 atom stereocenters. The highest BCUT2D eigenvalue weighted by Crippen LogP contribution is 2.22. The molecule has 0 saturated carbocycles. The monoisotopic (exact) mass is 272 g/mol. The van der Waals surface area contributed by atoms with Crippen molar-refractivity contribution in [1.82, 2.24) is 5.32 Å². The molecule has 0 aromatic rings. The summed E-state index contributed by atoms with van der Waals surface area (Å²) in [6.07, 6.45) is 6.54. The summed E-state index contributed by atoms with van der Waals surface area (Å²) in [7, 11) is 0. The fourth-order valence-corrected chi connectivity index (χ4v) is 2.02. The second-order valence-corrected chi connectivity index (χ2v) is 5.71. The summed E-state index contributed by atoms with van der Waals surface area (Å²) in [5.41, 5.74) is 4.95. The molecule has 0 rings (SSSR count). The number of unbranched alkanes of at least 4 members (excludes halogenated alkanes) is 3. The van der Waals surface area contributed by atoms with Crippen molar-refractivity contribution in [2.75, 3.05) is 0 Å². The first-order chi connectivity index (χ1) is 8.38. The van der Waals surface area contributed by atoms with Crippen LogP contribution in [0.1, 0.15) is 66.2 Å². The molecule has 4 heteroatoms. The minimum atomic E-state index is -0.715. The SMILES string of the molecule is CCCCCCC(C)NC(=O)C(C)(CC)C(N)=S. The second kappa shape index (κ2) is 8.46. The van der Waals surface area contributed by atoms with E-state index in [9.17, 15) is 4.79 Å². The Morgan fingerprint density at radius 1 is 1.33 bits per heavy atom. The molecule has 0 spiro atoms. The molecule has 0 fully saturated rings. The highest BCUT2D eigenvalue weighted by Gasteiger charge is 2.34. The number of hydrogen-bond donors (Lipinski definition) is 2. The van der Waals surface area contributed by atoms with Gasteiger partial charge in [-0.3, -0.25) is 4.79 Å². The van der Waals surface area contributed by atoms with Crippen molar-refractivity contribution in [3.63, 3.8) is 0 Å². The molecular weight excluding hydrogens is 244 g/mol. The van der Waals surface area contributed by atoms with E-state index in [2.05, 4.69) is 12.2 Å². The summed E-state index contributed by atoms with van der Waals surface area (Å²) in [5.74, 6) is -0.0412. The van der Waals surface area contributed by atoms with E-state index in [1.54, 1.807) is 0 Å². The van der Waals surface area contributed by atoms with Gasteiger partial charge in [-0.15, -0.1) is 0 Å². The standard InChI is InChI=1S/C14H28N2OS/c1-5-7-8-9-10-11(3)16-13(17)14(4,6-2)12(15)18/h11H,5-10H2,1-4H3,(H2,15,18)(H,16,17). The van der Waals surface area contributed by atoms with Gasteiger partial charge in [-0.1, -0.05) is 51.7 Å². The van der Waals surface area contributed by atoms with Gasteiger partial charge in [0, 0.05) is 6.04 Å². The molecular formula is C14H28N2OS. The van der Waals surface area contributed by atoms with Crippen molar-refractivity contribution < 1.29 is 4.79 Å². The molecule has 0 aromatic carbocycles. The summed E-state index contributed by atoms with van der Waals surface area (Å²) in [6.45, 7) is 7.98. The maximum Gasteiger partial charge on any atom is 0.232 e. The highest BCUT2D eigenvalue weighted by atomic mass is 32.1. The zero-order chi connectivity index (χ0) is 14.2. The van der Waals surface area contributed by atoms with Crippen molar-refractivity contribution in [1.29, 1.82) is 0 Å². The van der Waals surface area contributed by atoms with Crippen LogP contribution in [0.2, 0.25) is 0 Å². The first-order valence-corrected chi connectivity index (χ1v) is 7.40. The van der Waals surface area contributed by atoms with Crippen LogP contribution >= 0.6 is 12.2 Å². The average Bonchev–Trinajstić information content (AvgIpc) is 2.33. The minimum Gasteiger partial charge on any atom is -0.392 e. The number of carbonyl (C=O) groups excluding carboxylic acids is 1. The number of hydrogen-bond acceptors (Lipinski definition) is 2. The molecule has 0 aromatic heterocycles. The Morgan fingerprint density at radius 2 is 1.94 bits per heavy atom. The normalized spacial score (nSPS) is 15.8. The van der Waals surface area contributed by atoms with Crippen LogP contribution in [0.3, 0.4) is 0 Å². The van der Waals surface area contributed by atoms with Gasteiger partial charge >= 0.3 is 0 Å². The summed E-state index contributed by atoms with van der Waals surface area (Å²) in [5, 5.41) is 3.02. The number of thiocarbonyl (C=S) groups is 1. The smallest absolute Gasteiger partial charge is 0.232 e. The Hall–Kier alpha value is -0.640. The largest absolute Gasteiger partial charge is 0.392 e. The molecule has 0 radical (unpaired) electrons. The van der Waals surface area contributed by atoms with Crippen LogP contribution in [0, 0.1) is 5.41 Å². The van der Waals surface area contributed by atoms with E-state index >= 15 is 0 Å². The first-order valence-electron chi connectivity index (χ1n) is 6.99. The lowest BCUT2D eigenvalue weighted by atomic mass is 9.86. The third kappa shape index (κ3) is 5.34. The van der Waals surface area contributed by atoms with E-state index in [1.165, 1.54) is 19.3 Å². The maximum atomic E-state index is 12.2. The first kappa shape index (κ1) is 17.4. The van der Waals surface area contributed by atoms with Gasteiger partial charge in [0.2, 0.25) is 5.91 Å². The molecule has 1 amide bonds. The molecule has 106 valence electrons. The lowest BCUT2D eigenvalue weighted by Crippen LogP contribution is -2.49. The predicted molar refractivity (Wildman–Crippen MR) is 81.5 cm³/mol. The van der Waals surface area contributed by atoms with E-state index in [4.69, 9.17) is 18.0 Å². The fourth-order valence-electron chi connectivity index (χ4n) is 1.78. The quantitative estimate of drug-likeness (QED) is 0.501. The lowest BCUT2D eigenvalue weighted by Gasteiger charge is -2.27. The van der Waals surface area contributed by atoms with Gasteiger partial charge in [0.1, 0.15) is 0 Å². The van der Waals surface area contributed by atoms with Gasteiger partial charge in [0.25, 0.3) is 0 Å². The van der Waals surface area contributed by atoms with Gasteiger partial charge in [0.05, 0.1) is 10.4 Å². The van der Waals surface area contributed by atoms with Crippen LogP contribution < -0.4 is 11.1 Å². The Balaban J connectivity index is 4.17. The Labute approximate surface area is 117 Å². The van der Waals surface area contributed by atoms with Crippen molar-refractivity contribution in [3.8, 4) is 0 Å². The van der Waals surface area contributed by atoms with E-state index in [-0.39, 0.29) is 16.9 Å². The number of rotatable bonds is 9. The fraction of sp³-hybridized carbons (Fsp3) is 0.857. The van der Waals surface area contributed by atoms with Crippen LogP contribution in [-0.2, 0) is 4.79 Å². The van der Waals surface area contributed by atoms with E-state index < -0.39 is 5.41 Å². The van der Waals surface area contributed by atoms with Crippen LogP contribution in [0.25, 0.3) is 0 Å². The number of amides is 1. The highest BCUT2D eigenvalue weighted by molar-refractivity contribution is 7.80. The van der Waals surface area contributed by atoms with Crippen LogP contribution in [0.4, 0.5) is 0 Å². The van der Waals surface area contributed by atoms with Crippen LogP contribution in [0.5, 0.6) is 0 Å². The van der Waals surface area contributed by atoms with Gasteiger partial charge in [-0.05, 0) is 26.7 Å². The van der Waals surface area contributed by atoms with Crippen molar-refractivity contribution in [3.05, 3.63) is 0 Å². The van der Waals surface area contributed by atoms with Crippen molar-refractivity contribution in [2.24, 2.45) is 11.1 Å². The zero-order valence-electron chi connectivity index (χ0n) is 12.2. The van der Waals surface area contributed by atoms with Crippen LogP contribution in [-0.4, -0.2) is 16.9 Å². The molecule has 3 nitrogen and oxygen atoms in total. The van der Waals surface area contributed by atoms with Gasteiger partial charge in [-0.25, -0.2) is 0 Å². The summed E-state index contributed by atoms with van der Waals surface area (Å²) < 4.78 is 0. The predicted octanol–water partition coefficient (Wildman–Crippen LogP) is 3.16. The molecule has 2 unspecified atom stereocenters. The van der Waals surface area contributed by atoms with Gasteiger partial charge in [0.15, 0.2) is 0 Å². The molecule has 0 aliphatic rings. The third-order valence-electron chi connectivity index (χ3n) is 3.62. The molecule has 0 bridgehead atoms. The number of nitrogens with one attached hydrogen (secondary N) is 1. The topological polar surface area (TPSA) is 55.1 Å².